The van der Waals surface area contributed by atoms with E-state index in [0.29, 0.717) is 19.1 Å². The maximum atomic E-state index is 12.7. The van der Waals surface area contributed by atoms with Gasteiger partial charge in [0.2, 0.25) is 5.43 Å². The van der Waals surface area contributed by atoms with Crippen molar-refractivity contribution in [3.8, 4) is 0 Å². The molecule has 0 saturated carbocycles. The van der Waals surface area contributed by atoms with Crippen LogP contribution in [-0.4, -0.2) is 64.8 Å². The fourth-order valence-corrected chi connectivity index (χ4v) is 3.06. The molecule has 1 aromatic rings. The summed E-state index contributed by atoms with van der Waals surface area (Å²) in [5.41, 5.74) is -1.36. The number of methoxy groups -OCH3 is 1. The molecule has 2 heterocycles. The van der Waals surface area contributed by atoms with E-state index in [4.69, 9.17) is 4.74 Å². The summed E-state index contributed by atoms with van der Waals surface area (Å²) in [6.45, 7) is 9.11. The molecule has 2 N–H and O–H groups in total. The molecule has 0 aromatic carbocycles. The largest absolute Gasteiger partial charge is 0.477 e. The summed E-state index contributed by atoms with van der Waals surface area (Å²) in [7, 11) is 1.59. The normalized spacial score (nSPS) is 20.7. The predicted octanol–water partition coefficient (Wildman–Crippen LogP) is 0.965. The highest BCUT2D eigenvalue weighted by atomic mass is 16.5. The predicted molar refractivity (Wildman–Crippen MR) is 96.8 cm³/mol. The molecule has 144 valence electrons. The molecule has 1 fully saturated rings. The zero-order chi connectivity index (χ0) is 19.6. The maximum Gasteiger partial charge on any atom is 0.341 e. The quantitative estimate of drug-likeness (QED) is 0.779. The Kier molecular flexibility index (Phi) is 6.20. The number of carbonyl (C=O) groups is 2. The highest BCUT2D eigenvalue weighted by Crippen LogP contribution is 2.16. The van der Waals surface area contributed by atoms with Gasteiger partial charge in [0.05, 0.1) is 12.1 Å². The van der Waals surface area contributed by atoms with Gasteiger partial charge >= 0.3 is 5.97 Å². The van der Waals surface area contributed by atoms with Crippen LogP contribution in [0.15, 0.2) is 17.2 Å². The SMILES string of the molecule is CO[C@H]1CN(C(C)C)C[C@@H]1NC(=O)c1cn(C(C)C)cc(C(=O)O)c1=O. The number of nitrogens with one attached hydrogen (secondary N) is 1. The summed E-state index contributed by atoms with van der Waals surface area (Å²) in [5, 5.41) is 12.1. The van der Waals surface area contributed by atoms with Crippen LogP contribution in [0.3, 0.4) is 0 Å². The van der Waals surface area contributed by atoms with Crippen molar-refractivity contribution in [2.75, 3.05) is 20.2 Å². The minimum absolute atomic E-state index is 0.0881. The topological polar surface area (TPSA) is 101 Å². The van der Waals surface area contributed by atoms with Gasteiger partial charge in [-0.15, -0.1) is 0 Å². The van der Waals surface area contributed by atoms with Crippen LogP contribution in [0.2, 0.25) is 0 Å². The van der Waals surface area contributed by atoms with Crippen LogP contribution < -0.4 is 10.7 Å². The molecule has 26 heavy (non-hydrogen) atoms. The minimum Gasteiger partial charge on any atom is -0.477 e. The number of carboxylic acid groups (broad SMARTS) is 1. The number of amides is 1. The molecule has 1 aliphatic heterocycles. The Morgan fingerprint density at radius 2 is 1.77 bits per heavy atom. The van der Waals surface area contributed by atoms with E-state index in [1.807, 2.05) is 13.8 Å². The average Bonchev–Trinajstić information content (AvgIpc) is 2.97. The summed E-state index contributed by atoms with van der Waals surface area (Å²) < 4.78 is 7.02. The van der Waals surface area contributed by atoms with E-state index in [9.17, 15) is 19.5 Å². The van der Waals surface area contributed by atoms with Crippen LogP contribution in [0, 0.1) is 0 Å². The van der Waals surface area contributed by atoms with E-state index in [1.54, 1.807) is 11.7 Å². The van der Waals surface area contributed by atoms with Crippen LogP contribution in [0.4, 0.5) is 0 Å². The lowest BCUT2D eigenvalue weighted by Gasteiger charge is -2.20. The lowest BCUT2D eigenvalue weighted by atomic mass is 10.1. The highest BCUT2D eigenvalue weighted by molar-refractivity contribution is 5.97. The molecule has 8 nitrogen and oxygen atoms in total. The third-order valence-electron chi connectivity index (χ3n) is 4.76. The molecule has 2 atom stereocenters. The Hall–Kier alpha value is -2.19. The van der Waals surface area contributed by atoms with E-state index in [2.05, 4.69) is 24.1 Å². The molecule has 1 aliphatic rings. The monoisotopic (exact) mass is 365 g/mol. The summed E-state index contributed by atoms with van der Waals surface area (Å²) in [4.78, 5) is 38.7. The number of likely N-dealkylation sites (tertiary alicyclic amines) is 1. The number of aromatic carboxylic acids is 1. The van der Waals surface area contributed by atoms with Crippen molar-refractivity contribution in [1.82, 2.24) is 14.8 Å². The summed E-state index contributed by atoms with van der Waals surface area (Å²) in [5.74, 6) is -1.93. The number of nitrogens with zero attached hydrogens (tertiary/aromatic N) is 2. The lowest BCUT2D eigenvalue weighted by molar-refractivity contribution is 0.0694. The lowest BCUT2D eigenvalue weighted by Crippen LogP contribution is -2.45. The smallest absolute Gasteiger partial charge is 0.341 e. The zero-order valence-electron chi connectivity index (χ0n) is 15.9. The van der Waals surface area contributed by atoms with E-state index in [1.165, 1.54) is 12.4 Å². The molecule has 1 amide bonds. The summed E-state index contributed by atoms with van der Waals surface area (Å²) in [6.07, 6.45) is 2.49. The first-order valence-corrected chi connectivity index (χ1v) is 8.72. The Balaban J connectivity index is 2.32. The van der Waals surface area contributed by atoms with E-state index >= 15 is 0 Å². The Morgan fingerprint density at radius 3 is 2.27 bits per heavy atom. The maximum absolute atomic E-state index is 12.7. The number of aromatic nitrogens is 1. The first kappa shape index (κ1) is 20.1. The van der Waals surface area contributed by atoms with Crippen LogP contribution in [0.5, 0.6) is 0 Å². The molecule has 0 bridgehead atoms. The Labute approximate surface area is 152 Å². The minimum atomic E-state index is -1.35. The third-order valence-corrected chi connectivity index (χ3v) is 4.76. The number of hydrogen-bond acceptors (Lipinski definition) is 5. The molecular formula is C18H27N3O5. The van der Waals surface area contributed by atoms with Crippen molar-refractivity contribution in [2.24, 2.45) is 0 Å². The fraction of sp³-hybridized carbons (Fsp3) is 0.611. The van der Waals surface area contributed by atoms with Crippen molar-refractivity contribution in [3.05, 3.63) is 33.7 Å². The van der Waals surface area contributed by atoms with Gasteiger partial charge in [0, 0.05) is 44.7 Å². The van der Waals surface area contributed by atoms with E-state index in [-0.39, 0.29) is 23.8 Å². The van der Waals surface area contributed by atoms with Crippen LogP contribution in [0.1, 0.15) is 54.5 Å². The molecule has 0 unspecified atom stereocenters. The average molecular weight is 365 g/mol. The first-order chi connectivity index (χ1) is 12.1. The van der Waals surface area contributed by atoms with E-state index in [0.717, 1.165) is 0 Å². The van der Waals surface area contributed by atoms with Gasteiger partial charge < -0.3 is 19.7 Å². The summed E-state index contributed by atoms with van der Waals surface area (Å²) >= 11 is 0. The van der Waals surface area contributed by atoms with E-state index < -0.39 is 22.9 Å². The molecule has 1 aromatic heterocycles. The van der Waals surface area contributed by atoms with Gasteiger partial charge in [-0.1, -0.05) is 0 Å². The van der Waals surface area contributed by atoms with Gasteiger partial charge in [-0.25, -0.2) is 4.79 Å². The first-order valence-electron chi connectivity index (χ1n) is 8.72. The molecule has 1 saturated heterocycles. The second-order valence-electron chi connectivity index (χ2n) is 7.16. The molecule has 0 spiro atoms. The van der Waals surface area contributed by atoms with Gasteiger partial charge in [0.25, 0.3) is 5.91 Å². The standard InChI is InChI=1S/C18H27N3O5/c1-10(2)20-6-12(16(22)13(7-20)18(24)25)17(23)19-14-8-21(11(3)4)9-15(14)26-5/h6-7,10-11,14-15H,8-9H2,1-5H3,(H,19,23)(H,24,25)/t14-,15-/m0/s1. The number of hydrogen-bond donors (Lipinski definition) is 2. The molecule has 0 radical (unpaired) electrons. The van der Waals surface area contributed by atoms with Crippen molar-refractivity contribution < 1.29 is 19.4 Å². The number of rotatable bonds is 6. The molecule has 2 rings (SSSR count). The van der Waals surface area contributed by atoms with Gasteiger partial charge in [-0.05, 0) is 27.7 Å². The molecule has 0 aliphatic carbocycles. The van der Waals surface area contributed by atoms with Gasteiger partial charge in [0.1, 0.15) is 11.1 Å². The van der Waals surface area contributed by atoms with Gasteiger partial charge in [-0.3, -0.25) is 14.5 Å². The Bertz CT molecular complexity index is 741. The van der Waals surface area contributed by atoms with Crippen LogP contribution in [0.25, 0.3) is 0 Å². The number of ether oxygens (including phenoxy) is 1. The third kappa shape index (κ3) is 4.13. The second kappa shape index (κ2) is 8.01. The summed E-state index contributed by atoms with van der Waals surface area (Å²) in [6, 6.07) is -0.0479. The van der Waals surface area contributed by atoms with Gasteiger partial charge in [-0.2, -0.15) is 0 Å². The van der Waals surface area contributed by atoms with Crippen LogP contribution in [-0.2, 0) is 4.74 Å². The number of carbonyl (C=O) groups excluding carboxylic acids is 1. The Morgan fingerprint density at radius 1 is 1.15 bits per heavy atom. The second-order valence-corrected chi connectivity index (χ2v) is 7.16. The number of pyridine rings is 1. The molecule has 8 heteroatoms. The van der Waals surface area contributed by atoms with Crippen LogP contribution >= 0.6 is 0 Å². The molecular weight excluding hydrogens is 338 g/mol. The van der Waals surface area contributed by atoms with Crippen molar-refractivity contribution in [3.63, 3.8) is 0 Å². The van der Waals surface area contributed by atoms with Gasteiger partial charge in [0.15, 0.2) is 0 Å². The van der Waals surface area contributed by atoms with Crippen molar-refractivity contribution >= 4 is 11.9 Å². The number of carboxylic acids is 1. The highest BCUT2D eigenvalue weighted by Gasteiger charge is 2.35. The van der Waals surface area contributed by atoms with Crippen molar-refractivity contribution in [1.29, 1.82) is 0 Å². The fourth-order valence-electron chi connectivity index (χ4n) is 3.06. The zero-order valence-corrected chi connectivity index (χ0v) is 15.9. The van der Waals surface area contributed by atoms with Crippen molar-refractivity contribution in [2.45, 2.75) is 51.9 Å².